The number of benzene rings is 1. The molecule has 3 rings (SSSR count). The number of amides is 1. The molecule has 0 radical (unpaired) electrons. The van der Waals surface area contributed by atoms with E-state index < -0.39 is 16.1 Å². The molecule has 1 aromatic heterocycles. The molecule has 7 nitrogen and oxygen atoms in total. The Morgan fingerprint density at radius 1 is 1.32 bits per heavy atom. The van der Waals surface area contributed by atoms with Crippen molar-refractivity contribution in [2.75, 3.05) is 17.6 Å². The summed E-state index contributed by atoms with van der Waals surface area (Å²) < 4.78 is 25.5. The van der Waals surface area contributed by atoms with Crippen molar-refractivity contribution in [1.82, 2.24) is 14.5 Å². The lowest BCUT2D eigenvalue weighted by Crippen LogP contribution is -2.43. The Morgan fingerprint density at radius 3 is 2.72 bits per heavy atom. The first-order chi connectivity index (χ1) is 11.9. The van der Waals surface area contributed by atoms with E-state index >= 15 is 0 Å². The van der Waals surface area contributed by atoms with Gasteiger partial charge in [-0.1, -0.05) is 41.2 Å². The second kappa shape index (κ2) is 7.19. The van der Waals surface area contributed by atoms with Crippen LogP contribution in [-0.4, -0.2) is 47.2 Å². The monoisotopic (exact) mass is 380 g/mol. The van der Waals surface area contributed by atoms with Gasteiger partial charge in [0, 0.05) is 12.1 Å². The SMILES string of the molecule is CCS(=O)(=O)N1CCCC1C(=O)Nc1nnc(-c2ccc(C)cc2)s1. The topological polar surface area (TPSA) is 92.3 Å². The number of aromatic nitrogens is 2. The highest BCUT2D eigenvalue weighted by molar-refractivity contribution is 7.89. The Bertz CT molecular complexity index is 862. The van der Waals surface area contributed by atoms with Crippen LogP contribution in [0.5, 0.6) is 0 Å². The fraction of sp³-hybridized carbons (Fsp3) is 0.438. The normalized spacial score (nSPS) is 18.4. The molecule has 2 heterocycles. The van der Waals surface area contributed by atoms with Crippen LogP contribution in [0.25, 0.3) is 10.6 Å². The second-order valence-electron chi connectivity index (χ2n) is 5.94. The Kier molecular flexibility index (Phi) is 5.16. The summed E-state index contributed by atoms with van der Waals surface area (Å²) in [5, 5.41) is 11.9. The third kappa shape index (κ3) is 3.88. The molecule has 1 unspecified atom stereocenters. The van der Waals surface area contributed by atoms with Crippen molar-refractivity contribution in [1.29, 1.82) is 0 Å². The average molecular weight is 380 g/mol. The third-order valence-corrected chi connectivity index (χ3v) is 6.95. The molecule has 134 valence electrons. The Hall–Kier alpha value is -1.84. The fourth-order valence-electron chi connectivity index (χ4n) is 2.78. The molecule has 0 aliphatic carbocycles. The molecule has 2 aromatic rings. The predicted octanol–water partition coefficient (Wildman–Crippen LogP) is 2.27. The Labute approximate surface area is 151 Å². The smallest absolute Gasteiger partial charge is 0.244 e. The predicted molar refractivity (Wildman–Crippen MR) is 97.9 cm³/mol. The maximum atomic E-state index is 12.5. The van der Waals surface area contributed by atoms with Crippen LogP contribution in [0.4, 0.5) is 5.13 Å². The minimum atomic E-state index is -3.39. The number of carbonyl (C=O) groups excluding carboxylic acids is 1. The average Bonchev–Trinajstić information content (AvgIpc) is 3.25. The second-order valence-corrected chi connectivity index (χ2v) is 9.12. The van der Waals surface area contributed by atoms with Gasteiger partial charge < -0.3 is 0 Å². The molecule has 25 heavy (non-hydrogen) atoms. The molecular formula is C16H20N4O3S2. The molecule has 1 aromatic carbocycles. The summed E-state index contributed by atoms with van der Waals surface area (Å²) in [6.07, 6.45) is 1.21. The van der Waals surface area contributed by atoms with Gasteiger partial charge in [-0.3, -0.25) is 10.1 Å². The van der Waals surface area contributed by atoms with E-state index in [0.29, 0.717) is 29.5 Å². The Morgan fingerprint density at radius 2 is 2.04 bits per heavy atom. The molecule has 0 saturated carbocycles. The largest absolute Gasteiger partial charge is 0.299 e. The molecule has 1 amide bonds. The minimum Gasteiger partial charge on any atom is -0.299 e. The molecule has 1 fully saturated rings. The summed E-state index contributed by atoms with van der Waals surface area (Å²) >= 11 is 1.27. The fourth-order valence-corrected chi connectivity index (χ4v) is 4.86. The lowest BCUT2D eigenvalue weighted by Gasteiger charge is -2.21. The molecule has 0 spiro atoms. The standard InChI is InChI=1S/C16H20N4O3S2/c1-3-25(22,23)20-10-4-5-13(20)14(21)17-16-19-18-15(24-16)12-8-6-11(2)7-9-12/h6-9,13H,3-5,10H2,1-2H3,(H,17,19,21). The lowest BCUT2D eigenvalue weighted by molar-refractivity contribution is -0.119. The van der Waals surface area contributed by atoms with Gasteiger partial charge >= 0.3 is 0 Å². The van der Waals surface area contributed by atoms with E-state index in [1.165, 1.54) is 15.6 Å². The van der Waals surface area contributed by atoms with E-state index in [4.69, 9.17) is 0 Å². The van der Waals surface area contributed by atoms with Crippen molar-refractivity contribution in [3.8, 4) is 10.6 Å². The lowest BCUT2D eigenvalue weighted by atomic mass is 10.2. The zero-order valence-corrected chi connectivity index (χ0v) is 15.7. The van der Waals surface area contributed by atoms with Crippen molar-refractivity contribution in [2.45, 2.75) is 32.7 Å². The van der Waals surface area contributed by atoms with E-state index in [9.17, 15) is 13.2 Å². The highest BCUT2D eigenvalue weighted by atomic mass is 32.2. The maximum absolute atomic E-state index is 12.5. The van der Waals surface area contributed by atoms with Crippen LogP contribution >= 0.6 is 11.3 Å². The molecule has 1 aliphatic rings. The molecule has 1 atom stereocenters. The number of nitrogens with one attached hydrogen (secondary N) is 1. The summed E-state index contributed by atoms with van der Waals surface area (Å²) in [5.41, 5.74) is 2.08. The van der Waals surface area contributed by atoms with Crippen LogP contribution in [0.3, 0.4) is 0 Å². The highest BCUT2D eigenvalue weighted by Gasteiger charge is 2.37. The number of anilines is 1. The zero-order chi connectivity index (χ0) is 18.0. The summed E-state index contributed by atoms with van der Waals surface area (Å²) in [5.74, 6) is -0.353. The van der Waals surface area contributed by atoms with Crippen molar-refractivity contribution in [3.05, 3.63) is 29.8 Å². The molecule has 1 aliphatic heterocycles. The number of sulfonamides is 1. The van der Waals surface area contributed by atoms with E-state index in [0.717, 1.165) is 11.1 Å². The zero-order valence-electron chi connectivity index (χ0n) is 14.1. The van der Waals surface area contributed by atoms with E-state index in [1.807, 2.05) is 31.2 Å². The number of rotatable bonds is 5. The number of hydrogen-bond acceptors (Lipinski definition) is 6. The molecule has 1 N–H and O–H groups in total. The van der Waals surface area contributed by atoms with Gasteiger partial charge in [-0.15, -0.1) is 10.2 Å². The van der Waals surface area contributed by atoms with Crippen molar-refractivity contribution < 1.29 is 13.2 Å². The van der Waals surface area contributed by atoms with Crippen molar-refractivity contribution in [2.24, 2.45) is 0 Å². The van der Waals surface area contributed by atoms with Gasteiger partial charge in [0.15, 0.2) is 0 Å². The number of hydrogen-bond donors (Lipinski definition) is 1. The van der Waals surface area contributed by atoms with Crippen LogP contribution < -0.4 is 5.32 Å². The molecule has 1 saturated heterocycles. The first kappa shape index (κ1) is 18.0. The van der Waals surface area contributed by atoms with Crippen LogP contribution in [-0.2, 0) is 14.8 Å². The number of aryl methyl sites for hydroxylation is 1. The van der Waals surface area contributed by atoms with Gasteiger partial charge in [0.2, 0.25) is 21.1 Å². The van der Waals surface area contributed by atoms with Crippen LogP contribution in [0.15, 0.2) is 24.3 Å². The summed E-state index contributed by atoms with van der Waals surface area (Å²) in [4.78, 5) is 12.5. The first-order valence-corrected chi connectivity index (χ1v) is 10.5. The first-order valence-electron chi connectivity index (χ1n) is 8.11. The van der Waals surface area contributed by atoms with E-state index in [1.54, 1.807) is 6.92 Å². The van der Waals surface area contributed by atoms with Crippen molar-refractivity contribution in [3.63, 3.8) is 0 Å². The van der Waals surface area contributed by atoms with Crippen LogP contribution in [0, 0.1) is 6.92 Å². The van der Waals surface area contributed by atoms with Crippen LogP contribution in [0.1, 0.15) is 25.3 Å². The van der Waals surface area contributed by atoms with Gasteiger partial charge in [0.25, 0.3) is 0 Å². The third-order valence-electron chi connectivity index (χ3n) is 4.18. The quantitative estimate of drug-likeness (QED) is 0.859. The van der Waals surface area contributed by atoms with Gasteiger partial charge in [0.05, 0.1) is 5.75 Å². The molecular weight excluding hydrogens is 360 g/mol. The van der Waals surface area contributed by atoms with Crippen molar-refractivity contribution >= 4 is 32.4 Å². The maximum Gasteiger partial charge on any atom is 0.244 e. The van der Waals surface area contributed by atoms with E-state index in [2.05, 4.69) is 15.5 Å². The number of nitrogens with zero attached hydrogens (tertiary/aromatic N) is 3. The van der Waals surface area contributed by atoms with Gasteiger partial charge in [-0.25, -0.2) is 8.42 Å². The minimum absolute atomic E-state index is 0.00679. The summed E-state index contributed by atoms with van der Waals surface area (Å²) in [6, 6.07) is 7.21. The summed E-state index contributed by atoms with van der Waals surface area (Å²) in [7, 11) is -3.39. The molecule has 9 heteroatoms. The highest BCUT2D eigenvalue weighted by Crippen LogP contribution is 2.28. The van der Waals surface area contributed by atoms with E-state index in [-0.39, 0.29) is 11.7 Å². The molecule has 0 bridgehead atoms. The Balaban J connectivity index is 1.72. The van der Waals surface area contributed by atoms with Gasteiger partial charge in [-0.05, 0) is 26.7 Å². The van der Waals surface area contributed by atoms with Gasteiger partial charge in [0.1, 0.15) is 11.0 Å². The number of carbonyl (C=O) groups is 1. The van der Waals surface area contributed by atoms with Crippen LogP contribution in [0.2, 0.25) is 0 Å². The van der Waals surface area contributed by atoms with Gasteiger partial charge in [-0.2, -0.15) is 4.31 Å². The summed E-state index contributed by atoms with van der Waals surface area (Å²) in [6.45, 7) is 3.98.